The van der Waals surface area contributed by atoms with Crippen LogP contribution in [0.3, 0.4) is 0 Å². The van der Waals surface area contributed by atoms with Gasteiger partial charge in [-0.3, -0.25) is 0 Å². The summed E-state index contributed by atoms with van der Waals surface area (Å²) in [6.45, 7) is 0. The van der Waals surface area contributed by atoms with Gasteiger partial charge < -0.3 is 0 Å². The van der Waals surface area contributed by atoms with Crippen LogP contribution >= 0.6 is 11.3 Å². The van der Waals surface area contributed by atoms with Crippen LogP contribution in [0.25, 0.3) is 10.1 Å². The molecule has 0 fully saturated rings. The van der Waals surface area contributed by atoms with Crippen LogP contribution in [0.15, 0.2) is 18.2 Å². The van der Waals surface area contributed by atoms with Gasteiger partial charge in [-0.1, -0.05) is 0 Å². The van der Waals surface area contributed by atoms with Crippen LogP contribution in [0.2, 0.25) is 0 Å². The highest BCUT2D eigenvalue weighted by Gasteiger charge is 2.08. The van der Waals surface area contributed by atoms with Crippen molar-refractivity contribution in [1.29, 1.82) is 5.26 Å². The molecule has 0 aliphatic heterocycles. The minimum absolute atomic E-state index is 0.237. The van der Waals surface area contributed by atoms with E-state index in [1.807, 2.05) is 6.07 Å². The third-order valence-corrected chi connectivity index (χ3v) is 3.00. The molecule has 0 amide bonds. The molecule has 0 saturated heterocycles. The molecule has 2 aromatic rings. The Morgan fingerprint density at radius 2 is 2.07 bits per heavy atom. The van der Waals surface area contributed by atoms with Crippen LogP contribution in [0, 0.1) is 23.0 Å². The Hall–Kier alpha value is -1.47. The van der Waals surface area contributed by atoms with E-state index in [4.69, 9.17) is 5.26 Å². The molecular formula is C10H5F2NS. The summed E-state index contributed by atoms with van der Waals surface area (Å²) in [5.74, 6) is -1.15. The molecule has 0 N–H and O–H groups in total. The Bertz CT molecular complexity index is 525. The summed E-state index contributed by atoms with van der Waals surface area (Å²) in [6, 6.07) is 5.75. The van der Waals surface area contributed by atoms with Gasteiger partial charge in [0.1, 0.15) is 11.6 Å². The summed E-state index contributed by atoms with van der Waals surface area (Å²) in [6.07, 6.45) is 0.237. The molecule has 0 bridgehead atoms. The minimum Gasteiger partial charge on any atom is -0.207 e. The lowest BCUT2D eigenvalue weighted by molar-refractivity contribution is 0.593. The fourth-order valence-corrected chi connectivity index (χ4v) is 2.27. The molecule has 1 aromatic carbocycles. The van der Waals surface area contributed by atoms with Gasteiger partial charge in [-0.25, -0.2) is 8.78 Å². The van der Waals surface area contributed by atoms with E-state index in [-0.39, 0.29) is 6.42 Å². The molecule has 0 unspecified atom stereocenters. The lowest BCUT2D eigenvalue weighted by Gasteiger charge is -1.91. The Kier molecular flexibility index (Phi) is 2.18. The van der Waals surface area contributed by atoms with Gasteiger partial charge in [-0.05, 0) is 17.5 Å². The predicted octanol–water partition coefficient (Wildman–Crippen LogP) is 3.25. The average molecular weight is 209 g/mol. The number of nitrogens with zero attached hydrogens (tertiary/aromatic N) is 1. The topological polar surface area (TPSA) is 23.8 Å². The van der Waals surface area contributed by atoms with Crippen molar-refractivity contribution >= 4 is 21.4 Å². The molecule has 1 aromatic heterocycles. The zero-order chi connectivity index (χ0) is 10.1. The lowest BCUT2D eigenvalue weighted by atomic mass is 10.2. The number of hydrogen-bond acceptors (Lipinski definition) is 2. The number of thiophene rings is 1. The molecule has 0 aliphatic rings. The van der Waals surface area contributed by atoms with Gasteiger partial charge in [0.25, 0.3) is 0 Å². The Morgan fingerprint density at radius 1 is 1.29 bits per heavy atom. The van der Waals surface area contributed by atoms with Crippen molar-refractivity contribution in [3.8, 4) is 6.07 Å². The first-order valence-corrected chi connectivity index (χ1v) is 4.77. The maximum absolute atomic E-state index is 13.2. The molecule has 0 atom stereocenters. The predicted molar refractivity (Wildman–Crippen MR) is 51.1 cm³/mol. The van der Waals surface area contributed by atoms with Gasteiger partial charge in [0.2, 0.25) is 0 Å². The van der Waals surface area contributed by atoms with E-state index in [2.05, 4.69) is 0 Å². The van der Waals surface area contributed by atoms with Crippen LogP contribution < -0.4 is 0 Å². The second-order valence-electron chi connectivity index (χ2n) is 2.85. The maximum Gasteiger partial charge on any atom is 0.143 e. The normalized spacial score (nSPS) is 10.4. The average Bonchev–Trinajstić information content (AvgIpc) is 2.48. The molecule has 1 nitrogen and oxygen atoms in total. The first-order valence-electron chi connectivity index (χ1n) is 3.95. The number of benzene rings is 1. The summed E-state index contributed by atoms with van der Waals surface area (Å²) in [4.78, 5) is 0.756. The highest BCUT2D eigenvalue weighted by atomic mass is 32.1. The third kappa shape index (κ3) is 1.47. The molecule has 0 spiro atoms. The summed E-state index contributed by atoms with van der Waals surface area (Å²) in [7, 11) is 0. The molecular weight excluding hydrogens is 204 g/mol. The van der Waals surface area contributed by atoms with Gasteiger partial charge in [0.15, 0.2) is 0 Å². The molecule has 4 heteroatoms. The van der Waals surface area contributed by atoms with E-state index in [1.165, 1.54) is 17.4 Å². The smallest absolute Gasteiger partial charge is 0.143 e. The van der Waals surface area contributed by atoms with E-state index in [1.54, 1.807) is 6.07 Å². The molecule has 1 heterocycles. The van der Waals surface area contributed by atoms with Crippen LogP contribution in [0.1, 0.15) is 4.88 Å². The number of fused-ring (bicyclic) bond motifs is 1. The summed E-state index contributed by atoms with van der Waals surface area (Å²) < 4.78 is 26.4. The van der Waals surface area contributed by atoms with Gasteiger partial charge >= 0.3 is 0 Å². The van der Waals surface area contributed by atoms with Crippen molar-refractivity contribution in [3.05, 3.63) is 34.7 Å². The number of halogens is 2. The molecule has 14 heavy (non-hydrogen) atoms. The standard InChI is InChI=1S/C10H5F2NS/c11-7-3-6-4-8(1-2-13)14-10(6)9(12)5-7/h3-5H,1H2. The van der Waals surface area contributed by atoms with E-state index >= 15 is 0 Å². The zero-order valence-corrected chi connectivity index (χ0v) is 7.87. The van der Waals surface area contributed by atoms with Crippen molar-refractivity contribution < 1.29 is 8.78 Å². The molecule has 0 radical (unpaired) electrons. The highest BCUT2D eigenvalue weighted by molar-refractivity contribution is 7.19. The van der Waals surface area contributed by atoms with Gasteiger partial charge in [0, 0.05) is 10.9 Å². The fourth-order valence-electron chi connectivity index (χ4n) is 1.29. The van der Waals surface area contributed by atoms with Gasteiger partial charge in [-0.2, -0.15) is 5.26 Å². The number of rotatable bonds is 1. The lowest BCUT2D eigenvalue weighted by Crippen LogP contribution is -1.77. The minimum atomic E-state index is -0.587. The van der Waals surface area contributed by atoms with E-state index < -0.39 is 11.6 Å². The summed E-state index contributed by atoms with van der Waals surface area (Å²) in [5, 5.41) is 8.98. The molecule has 2 rings (SSSR count). The van der Waals surface area contributed by atoms with Crippen LogP contribution in [-0.4, -0.2) is 0 Å². The first kappa shape index (κ1) is 9.10. The quantitative estimate of drug-likeness (QED) is 0.707. The molecule has 0 saturated carbocycles. The monoisotopic (exact) mass is 209 g/mol. The number of hydrogen-bond donors (Lipinski definition) is 0. The SMILES string of the molecule is N#CCc1cc2cc(F)cc(F)c2s1. The highest BCUT2D eigenvalue weighted by Crippen LogP contribution is 2.29. The maximum atomic E-state index is 13.2. The largest absolute Gasteiger partial charge is 0.207 e. The van der Waals surface area contributed by atoms with Crippen molar-refractivity contribution in [2.24, 2.45) is 0 Å². The second kappa shape index (κ2) is 3.35. The van der Waals surface area contributed by atoms with Crippen molar-refractivity contribution in [3.63, 3.8) is 0 Å². The summed E-state index contributed by atoms with van der Waals surface area (Å²) in [5.41, 5.74) is 0. The summed E-state index contributed by atoms with van der Waals surface area (Å²) >= 11 is 1.19. The number of nitriles is 1. The third-order valence-electron chi connectivity index (χ3n) is 1.84. The van der Waals surface area contributed by atoms with E-state index in [9.17, 15) is 8.78 Å². The first-order chi connectivity index (χ1) is 6.70. The van der Waals surface area contributed by atoms with Crippen LogP contribution in [-0.2, 0) is 6.42 Å². The molecule has 0 aliphatic carbocycles. The van der Waals surface area contributed by atoms with Crippen molar-refractivity contribution in [1.82, 2.24) is 0 Å². The van der Waals surface area contributed by atoms with Gasteiger partial charge in [-0.15, -0.1) is 11.3 Å². The Morgan fingerprint density at radius 3 is 2.79 bits per heavy atom. The fraction of sp³-hybridized carbons (Fsp3) is 0.100. The Labute approximate surface area is 83.2 Å². The zero-order valence-electron chi connectivity index (χ0n) is 7.05. The van der Waals surface area contributed by atoms with Gasteiger partial charge in [0.05, 0.1) is 17.2 Å². The van der Waals surface area contributed by atoms with Crippen LogP contribution in [0.5, 0.6) is 0 Å². The Balaban J connectivity index is 2.66. The van der Waals surface area contributed by atoms with E-state index in [0.717, 1.165) is 10.9 Å². The van der Waals surface area contributed by atoms with E-state index in [0.29, 0.717) is 10.1 Å². The van der Waals surface area contributed by atoms with Crippen molar-refractivity contribution in [2.45, 2.75) is 6.42 Å². The molecule has 70 valence electrons. The van der Waals surface area contributed by atoms with Crippen molar-refractivity contribution in [2.75, 3.05) is 0 Å². The second-order valence-corrected chi connectivity index (χ2v) is 3.99. The van der Waals surface area contributed by atoms with Crippen LogP contribution in [0.4, 0.5) is 8.78 Å².